The zero-order chi connectivity index (χ0) is 29.6. The van der Waals surface area contributed by atoms with Crippen molar-refractivity contribution in [3.05, 3.63) is 161 Å². The highest BCUT2D eigenvalue weighted by Crippen LogP contribution is 2.27. The third-order valence-electron chi connectivity index (χ3n) is 7.68. The molecule has 4 heteroatoms. The first kappa shape index (κ1) is 27.8. The maximum Gasteiger partial charge on any atom is 0.343 e. The third-order valence-corrected chi connectivity index (χ3v) is 7.68. The van der Waals surface area contributed by atoms with Crippen LogP contribution in [0.1, 0.15) is 58.5 Å². The van der Waals surface area contributed by atoms with Gasteiger partial charge in [0.1, 0.15) is 5.75 Å². The lowest BCUT2D eigenvalue weighted by molar-refractivity contribution is 0.0734. The van der Waals surface area contributed by atoms with Crippen LogP contribution in [0.3, 0.4) is 0 Å². The van der Waals surface area contributed by atoms with E-state index in [9.17, 15) is 4.79 Å². The molecule has 0 bridgehead atoms. The molecule has 0 aliphatic carbocycles. The van der Waals surface area contributed by atoms with Gasteiger partial charge in [0.05, 0.1) is 17.6 Å². The molecule has 43 heavy (non-hydrogen) atoms. The van der Waals surface area contributed by atoms with Crippen molar-refractivity contribution in [3.8, 4) is 5.75 Å². The number of fused-ring (bicyclic) bond motifs is 2. The number of carbonyl (C=O) groups is 1. The fourth-order valence-corrected chi connectivity index (χ4v) is 5.28. The fraction of sp³-hybridized carbons (Fsp3) is 0.103. The molecule has 4 nitrogen and oxygen atoms in total. The molecule has 0 spiro atoms. The van der Waals surface area contributed by atoms with Crippen LogP contribution in [0.15, 0.2) is 143 Å². The van der Waals surface area contributed by atoms with Gasteiger partial charge in [0.2, 0.25) is 0 Å². The molecule has 0 aromatic heterocycles. The Morgan fingerprint density at radius 2 is 1.00 bits per heavy atom. The van der Waals surface area contributed by atoms with E-state index in [1.165, 1.54) is 32.7 Å². The topological polar surface area (TPSA) is 51.0 Å². The Hall–Kier alpha value is -5.35. The standard InChI is InChI=1S/C39H32N2O2/c1-27(35-15-7-11-31-9-3-5-13-37(31)35)40-25-29-17-21-33(22-18-29)39(42)43-34-23-19-30(20-24-34)26-41-28(2)36-16-8-12-32-10-4-6-14-38(32)36/h3-28H,1-2H3. The van der Waals surface area contributed by atoms with E-state index in [1.807, 2.05) is 48.8 Å². The van der Waals surface area contributed by atoms with Gasteiger partial charge in [-0.25, -0.2) is 4.79 Å². The summed E-state index contributed by atoms with van der Waals surface area (Å²) in [6.07, 6.45) is 3.71. The van der Waals surface area contributed by atoms with Gasteiger partial charge in [0.25, 0.3) is 0 Å². The van der Waals surface area contributed by atoms with Gasteiger partial charge < -0.3 is 4.74 Å². The van der Waals surface area contributed by atoms with Gasteiger partial charge in [-0.15, -0.1) is 0 Å². The Balaban J connectivity index is 1.06. The van der Waals surface area contributed by atoms with Gasteiger partial charge in [0, 0.05) is 12.4 Å². The number of hydrogen-bond donors (Lipinski definition) is 0. The largest absolute Gasteiger partial charge is 0.423 e. The summed E-state index contributed by atoms with van der Waals surface area (Å²) in [5, 5.41) is 4.85. The van der Waals surface area contributed by atoms with Crippen LogP contribution in [0.2, 0.25) is 0 Å². The van der Waals surface area contributed by atoms with Crippen molar-refractivity contribution in [1.29, 1.82) is 0 Å². The Morgan fingerprint density at radius 3 is 1.51 bits per heavy atom. The second-order valence-corrected chi connectivity index (χ2v) is 10.6. The Morgan fingerprint density at radius 1 is 0.558 bits per heavy atom. The molecule has 0 N–H and O–H groups in total. The zero-order valence-electron chi connectivity index (χ0n) is 24.2. The van der Waals surface area contributed by atoms with Crippen molar-refractivity contribution in [2.24, 2.45) is 9.98 Å². The van der Waals surface area contributed by atoms with Gasteiger partial charge in [0.15, 0.2) is 0 Å². The molecule has 0 saturated heterocycles. The number of hydrogen-bond acceptors (Lipinski definition) is 4. The van der Waals surface area contributed by atoms with Gasteiger partial charge >= 0.3 is 5.97 Å². The van der Waals surface area contributed by atoms with E-state index < -0.39 is 5.97 Å². The quantitative estimate of drug-likeness (QED) is 0.106. The van der Waals surface area contributed by atoms with Crippen LogP contribution >= 0.6 is 0 Å². The number of esters is 1. The highest BCUT2D eigenvalue weighted by molar-refractivity contribution is 5.92. The maximum atomic E-state index is 12.8. The highest BCUT2D eigenvalue weighted by atomic mass is 16.5. The molecular weight excluding hydrogens is 528 g/mol. The van der Waals surface area contributed by atoms with Crippen LogP contribution < -0.4 is 4.74 Å². The predicted octanol–water partition coefficient (Wildman–Crippen LogP) is 9.57. The minimum Gasteiger partial charge on any atom is -0.423 e. The smallest absolute Gasteiger partial charge is 0.343 e. The van der Waals surface area contributed by atoms with Gasteiger partial charge in [-0.1, -0.05) is 97.1 Å². The van der Waals surface area contributed by atoms with Crippen molar-refractivity contribution < 1.29 is 9.53 Å². The zero-order valence-corrected chi connectivity index (χ0v) is 24.2. The van der Waals surface area contributed by atoms with Crippen LogP contribution in [0, 0.1) is 0 Å². The van der Waals surface area contributed by atoms with E-state index in [0.717, 1.165) is 11.1 Å². The predicted molar refractivity (Wildman–Crippen MR) is 178 cm³/mol. The van der Waals surface area contributed by atoms with E-state index >= 15 is 0 Å². The summed E-state index contributed by atoms with van der Waals surface area (Å²) >= 11 is 0. The highest BCUT2D eigenvalue weighted by Gasteiger charge is 2.10. The van der Waals surface area contributed by atoms with Crippen LogP contribution in [0.25, 0.3) is 21.5 Å². The average Bonchev–Trinajstić information content (AvgIpc) is 3.06. The number of aliphatic imine (C=N–C) groups is 2. The normalized spacial score (nSPS) is 13.1. The summed E-state index contributed by atoms with van der Waals surface area (Å²) in [6.45, 7) is 4.18. The number of nitrogens with zero attached hydrogens (tertiary/aromatic N) is 2. The molecule has 210 valence electrons. The molecule has 0 aliphatic rings. The lowest BCUT2D eigenvalue weighted by Gasteiger charge is -2.11. The second-order valence-electron chi connectivity index (χ2n) is 10.6. The lowest BCUT2D eigenvalue weighted by atomic mass is 10.00. The minimum absolute atomic E-state index is 0.00481. The molecule has 0 fully saturated rings. The third kappa shape index (κ3) is 6.44. The molecule has 0 heterocycles. The molecule has 2 unspecified atom stereocenters. The SMILES string of the molecule is CC(N=Cc1ccc(OC(=O)c2ccc(C=NC(C)c3cccc4ccccc34)cc2)cc1)c1cccc2ccccc12. The first-order valence-electron chi connectivity index (χ1n) is 14.5. The van der Waals surface area contributed by atoms with Crippen LogP contribution in [-0.2, 0) is 0 Å². The van der Waals surface area contributed by atoms with Gasteiger partial charge in [-0.3, -0.25) is 9.98 Å². The van der Waals surface area contributed by atoms with Crippen LogP contribution in [-0.4, -0.2) is 18.4 Å². The summed E-state index contributed by atoms with van der Waals surface area (Å²) in [7, 11) is 0. The first-order chi connectivity index (χ1) is 21.0. The minimum atomic E-state index is -0.404. The number of carbonyl (C=O) groups excluding carboxylic acids is 1. The summed E-state index contributed by atoms with van der Waals surface area (Å²) in [5.41, 5.74) is 4.72. The number of rotatable bonds is 8. The molecule has 0 radical (unpaired) electrons. The van der Waals surface area contributed by atoms with Crippen molar-refractivity contribution in [3.63, 3.8) is 0 Å². The fourth-order valence-electron chi connectivity index (χ4n) is 5.28. The average molecular weight is 561 g/mol. The number of ether oxygens (including phenoxy) is 1. The molecule has 6 aromatic rings. The lowest BCUT2D eigenvalue weighted by Crippen LogP contribution is -2.08. The van der Waals surface area contributed by atoms with E-state index in [4.69, 9.17) is 14.7 Å². The Bertz CT molecular complexity index is 1930. The summed E-state index contributed by atoms with van der Waals surface area (Å²) < 4.78 is 5.62. The molecular formula is C39H32N2O2. The van der Waals surface area contributed by atoms with E-state index in [1.54, 1.807) is 24.3 Å². The van der Waals surface area contributed by atoms with Crippen molar-refractivity contribution >= 4 is 39.9 Å². The van der Waals surface area contributed by atoms with E-state index in [0.29, 0.717) is 11.3 Å². The summed E-state index contributed by atoms with van der Waals surface area (Å²) in [4.78, 5) is 22.3. The van der Waals surface area contributed by atoms with Crippen molar-refractivity contribution in [2.45, 2.75) is 25.9 Å². The van der Waals surface area contributed by atoms with Gasteiger partial charge in [-0.2, -0.15) is 0 Å². The molecule has 0 aliphatic heterocycles. The second kappa shape index (κ2) is 12.7. The van der Waals surface area contributed by atoms with Crippen LogP contribution in [0.5, 0.6) is 5.75 Å². The maximum absolute atomic E-state index is 12.8. The first-order valence-corrected chi connectivity index (χ1v) is 14.5. The monoisotopic (exact) mass is 560 g/mol. The molecule has 6 rings (SSSR count). The van der Waals surface area contributed by atoms with Crippen LogP contribution in [0.4, 0.5) is 0 Å². The summed E-state index contributed by atoms with van der Waals surface area (Å²) in [5.74, 6) is 0.0809. The Kier molecular flexibility index (Phi) is 8.19. The Labute approximate surface area is 252 Å². The van der Waals surface area contributed by atoms with E-state index in [-0.39, 0.29) is 12.1 Å². The molecule has 0 saturated carbocycles. The van der Waals surface area contributed by atoms with Crippen molar-refractivity contribution in [1.82, 2.24) is 0 Å². The van der Waals surface area contributed by atoms with E-state index in [2.05, 4.69) is 86.6 Å². The van der Waals surface area contributed by atoms with Crippen molar-refractivity contribution in [2.75, 3.05) is 0 Å². The molecule has 0 amide bonds. The summed E-state index contributed by atoms with van der Waals surface area (Å²) in [6, 6.07) is 44.0. The molecule has 2 atom stereocenters. The van der Waals surface area contributed by atoms with Gasteiger partial charge in [-0.05, 0) is 94.0 Å². The number of benzene rings is 6. The molecule has 6 aromatic carbocycles.